The van der Waals surface area contributed by atoms with Gasteiger partial charge in [-0.2, -0.15) is 0 Å². The minimum absolute atomic E-state index is 0.0586. The van der Waals surface area contributed by atoms with E-state index >= 15 is 0 Å². The zero-order valence-electron chi connectivity index (χ0n) is 16.6. The minimum atomic E-state index is -0.130. The number of carbonyl (C=O) groups excluding carboxylic acids is 1. The number of para-hydroxylation sites is 1. The van der Waals surface area contributed by atoms with Crippen molar-refractivity contribution in [1.29, 1.82) is 0 Å². The Hall–Kier alpha value is -3.08. The van der Waals surface area contributed by atoms with Crippen LogP contribution in [0, 0.1) is 13.8 Å². The van der Waals surface area contributed by atoms with Crippen LogP contribution in [0.3, 0.4) is 0 Å². The maximum absolute atomic E-state index is 12.8. The number of aromatic nitrogens is 1. The van der Waals surface area contributed by atoms with Gasteiger partial charge in [-0.25, -0.2) is 0 Å². The summed E-state index contributed by atoms with van der Waals surface area (Å²) in [5.74, 6) is 1.15. The molecule has 1 unspecified atom stereocenters. The van der Waals surface area contributed by atoms with E-state index in [9.17, 15) is 4.79 Å². The molecule has 0 radical (unpaired) electrons. The molecule has 0 saturated heterocycles. The molecule has 3 rings (SSSR count). The second-order valence-electron chi connectivity index (χ2n) is 6.99. The van der Waals surface area contributed by atoms with Crippen LogP contribution in [0.15, 0.2) is 59.1 Å². The summed E-state index contributed by atoms with van der Waals surface area (Å²) in [5, 5.41) is 7.01. The molecular formula is C23H26N2O3. The van der Waals surface area contributed by atoms with Crippen LogP contribution in [0.2, 0.25) is 0 Å². The fraction of sp³-hybridized carbons (Fsp3) is 0.304. The Bertz CT molecular complexity index is 899. The molecule has 1 heterocycles. The summed E-state index contributed by atoms with van der Waals surface area (Å²) < 4.78 is 11.1. The van der Waals surface area contributed by atoms with Gasteiger partial charge in [-0.05, 0) is 51.3 Å². The lowest BCUT2D eigenvalue weighted by atomic mass is 10.1. The number of benzene rings is 2. The van der Waals surface area contributed by atoms with E-state index in [2.05, 4.69) is 22.6 Å². The summed E-state index contributed by atoms with van der Waals surface area (Å²) >= 11 is 0. The lowest BCUT2D eigenvalue weighted by Crippen LogP contribution is -2.33. The molecule has 28 heavy (non-hydrogen) atoms. The van der Waals surface area contributed by atoms with Crippen molar-refractivity contribution < 1.29 is 14.1 Å². The zero-order chi connectivity index (χ0) is 19.9. The second kappa shape index (κ2) is 9.22. The molecule has 3 aromatic rings. The maximum atomic E-state index is 12.8. The van der Waals surface area contributed by atoms with Crippen LogP contribution < -0.4 is 10.1 Å². The van der Waals surface area contributed by atoms with Crippen LogP contribution in [0.25, 0.3) is 0 Å². The van der Waals surface area contributed by atoms with Crippen molar-refractivity contribution in [3.8, 4) is 5.75 Å². The molecule has 0 aliphatic carbocycles. The predicted octanol–water partition coefficient (Wildman–Crippen LogP) is 4.62. The van der Waals surface area contributed by atoms with Gasteiger partial charge in [0.05, 0.1) is 16.8 Å². The third-order valence-electron chi connectivity index (χ3n) is 4.77. The normalized spacial score (nSPS) is 11.8. The average Bonchev–Trinajstić information content (AvgIpc) is 3.03. The van der Waals surface area contributed by atoms with Crippen molar-refractivity contribution in [2.45, 2.75) is 46.3 Å². The molecule has 0 bridgehead atoms. The minimum Gasteiger partial charge on any atom is -0.488 e. The Balaban J connectivity index is 1.60. The number of hydrogen-bond donors (Lipinski definition) is 1. The van der Waals surface area contributed by atoms with Gasteiger partial charge in [0.1, 0.15) is 18.1 Å². The van der Waals surface area contributed by atoms with Gasteiger partial charge in [-0.1, -0.05) is 47.6 Å². The highest BCUT2D eigenvalue weighted by Crippen LogP contribution is 2.21. The molecule has 5 nitrogen and oxygen atoms in total. The number of nitrogens with zero attached hydrogens (tertiary/aromatic N) is 1. The van der Waals surface area contributed by atoms with Gasteiger partial charge in [-0.15, -0.1) is 0 Å². The van der Waals surface area contributed by atoms with Crippen molar-refractivity contribution >= 4 is 5.91 Å². The molecule has 0 saturated carbocycles. The smallest absolute Gasteiger partial charge is 0.255 e. The molecule has 146 valence electrons. The number of aryl methyl sites for hydroxylation is 3. The molecule has 1 N–H and O–H groups in total. The Morgan fingerprint density at radius 3 is 2.54 bits per heavy atom. The van der Waals surface area contributed by atoms with Crippen LogP contribution >= 0.6 is 0 Å². The van der Waals surface area contributed by atoms with E-state index in [1.54, 1.807) is 6.07 Å². The highest BCUT2D eigenvalue weighted by Gasteiger charge is 2.16. The van der Waals surface area contributed by atoms with Crippen molar-refractivity contribution in [3.05, 3.63) is 82.7 Å². The molecule has 5 heteroatoms. The number of rotatable bonds is 8. The Kier molecular flexibility index (Phi) is 6.48. The third-order valence-corrected chi connectivity index (χ3v) is 4.77. The first-order valence-corrected chi connectivity index (χ1v) is 9.53. The topological polar surface area (TPSA) is 64.4 Å². The van der Waals surface area contributed by atoms with Crippen LogP contribution in [0.5, 0.6) is 5.75 Å². The Morgan fingerprint density at radius 2 is 1.82 bits per heavy atom. The molecular weight excluding hydrogens is 352 g/mol. The first kappa shape index (κ1) is 19.7. The monoisotopic (exact) mass is 378 g/mol. The van der Waals surface area contributed by atoms with Gasteiger partial charge < -0.3 is 14.6 Å². The van der Waals surface area contributed by atoms with Crippen molar-refractivity contribution in [1.82, 2.24) is 10.5 Å². The molecule has 1 atom stereocenters. The standard InChI is InChI=1S/C23H26N2O3/c1-16(13-14-19-9-5-4-6-10-19)24-23(26)20-11-7-8-12-22(20)27-15-21-17(2)25-28-18(21)3/h4-12,16H,13-15H2,1-3H3,(H,24,26). The number of hydrogen-bond acceptors (Lipinski definition) is 4. The molecule has 0 spiro atoms. The van der Waals surface area contributed by atoms with E-state index in [-0.39, 0.29) is 11.9 Å². The summed E-state index contributed by atoms with van der Waals surface area (Å²) in [4.78, 5) is 12.8. The van der Waals surface area contributed by atoms with Gasteiger partial charge >= 0.3 is 0 Å². The van der Waals surface area contributed by atoms with Gasteiger partial charge in [0.2, 0.25) is 0 Å². The van der Waals surface area contributed by atoms with Crippen LogP contribution in [0.1, 0.15) is 46.3 Å². The van der Waals surface area contributed by atoms with Crippen LogP contribution in [0.4, 0.5) is 0 Å². The molecule has 1 aromatic heterocycles. The third kappa shape index (κ3) is 5.00. The molecule has 0 aliphatic rings. The summed E-state index contributed by atoms with van der Waals surface area (Å²) in [7, 11) is 0. The average molecular weight is 378 g/mol. The van der Waals surface area contributed by atoms with Crippen molar-refractivity contribution in [2.75, 3.05) is 0 Å². The number of ether oxygens (including phenoxy) is 1. The summed E-state index contributed by atoms with van der Waals surface area (Å²) in [5.41, 5.74) is 3.51. The van der Waals surface area contributed by atoms with Gasteiger partial charge in [-0.3, -0.25) is 4.79 Å². The first-order chi connectivity index (χ1) is 13.5. The van der Waals surface area contributed by atoms with Gasteiger partial charge in [0.25, 0.3) is 5.91 Å². The lowest BCUT2D eigenvalue weighted by molar-refractivity contribution is 0.0934. The Morgan fingerprint density at radius 1 is 1.11 bits per heavy atom. The molecule has 0 fully saturated rings. The fourth-order valence-electron chi connectivity index (χ4n) is 3.04. The highest BCUT2D eigenvalue weighted by atomic mass is 16.5. The highest BCUT2D eigenvalue weighted by molar-refractivity contribution is 5.97. The van der Waals surface area contributed by atoms with Crippen molar-refractivity contribution in [2.24, 2.45) is 0 Å². The van der Waals surface area contributed by atoms with Gasteiger partial charge in [0, 0.05) is 6.04 Å². The Labute approximate surface area is 165 Å². The molecule has 0 aliphatic heterocycles. The first-order valence-electron chi connectivity index (χ1n) is 9.53. The van der Waals surface area contributed by atoms with Gasteiger partial charge in [0.15, 0.2) is 0 Å². The van der Waals surface area contributed by atoms with Crippen LogP contribution in [-0.4, -0.2) is 17.1 Å². The number of carbonyl (C=O) groups is 1. The van der Waals surface area contributed by atoms with E-state index in [0.29, 0.717) is 17.9 Å². The number of amides is 1. The predicted molar refractivity (Wildman–Crippen MR) is 108 cm³/mol. The van der Waals surface area contributed by atoms with Crippen LogP contribution in [-0.2, 0) is 13.0 Å². The molecule has 1 amide bonds. The summed E-state index contributed by atoms with van der Waals surface area (Å²) in [6.45, 7) is 6.07. The van der Waals surface area contributed by atoms with E-state index in [0.717, 1.165) is 29.9 Å². The zero-order valence-corrected chi connectivity index (χ0v) is 16.6. The van der Waals surface area contributed by atoms with E-state index in [4.69, 9.17) is 9.26 Å². The van der Waals surface area contributed by atoms with E-state index < -0.39 is 0 Å². The van der Waals surface area contributed by atoms with E-state index in [1.807, 2.05) is 57.2 Å². The SMILES string of the molecule is Cc1noc(C)c1COc1ccccc1C(=O)NC(C)CCc1ccccc1. The van der Waals surface area contributed by atoms with E-state index in [1.165, 1.54) is 5.56 Å². The largest absolute Gasteiger partial charge is 0.488 e. The second-order valence-corrected chi connectivity index (χ2v) is 6.99. The number of nitrogens with one attached hydrogen (secondary N) is 1. The lowest BCUT2D eigenvalue weighted by Gasteiger charge is -2.16. The summed E-state index contributed by atoms with van der Waals surface area (Å²) in [6, 6.07) is 17.6. The molecule has 2 aromatic carbocycles. The quantitative estimate of drug-likeness (QED) is 0.621. The summed E-state index contributed by atoms with van der Waals surface area (Å²) in [6.07, 6.45) is 1.80. The fourth-order valence-corrected chi connectivity index (χ4v) is 3.04. The maximum Gasteiger partial charge on any atom is 0.255 e. The van der Waals surface area contributed by atoms with Crippen molar-refractivity contribution in [3.63, 3.8) is 0 Å².